The monoisotopic (exact) mass is 274 g/mol. The quantitative estimate of drug-likeness (QED) is 0.930. The minimum absolute atomic E-state index is 0.0957. The number of benzene rings is 1. The Balaban J connectivity index is 1.85. The van der Waals surface area contributed by atoms with Gasteiger partial charge in [0.25, 0.3) is 0 Å². The molecule has 1 unspecified atom stereocenters. The van der Waals surface area contributed by atoms with Crippen LogP contribution < -0.4 is 10.1 Å². The van der Waals surface area contributed by atoms with Crippen LogP contribution in [0.4, 0.5) is 0 Å². The summed E-state index contributed by atoms with van der Waals surface area (Å²) in [5, 5.41) is 4.32. The molecule has 2 aromatic rings. The van der Waals surface area contributed by atoms with Gasteiger partial charge in [0.1, 0.15) is 10.8 Å². The maximum Gasteiger partial charge on any atom is 0.154 e. The van der Waals surface area contributed by atoms with E-state index in [2.05, 4.69) is 24.4 Å². The second-order valence-corrected chi connectivity index (χ2v) is 5.84. The summed E-state index contributed by atoms with van der Waals surface area (Å²) in [4.78, 5) is 6.10. The molecule has 3 rings (SSSR count). The highest BCUT2D eigenvalue weighted by atomic mass is 32.1. The van der Waals surface area contributed by atoms with Crippen molar-refractivity contribution >= 4 is 11.3 Å². The lowest BCUT2D eigenvalue weighted by atomic mass is 10.1. The molecule has 1 aliphatic heterocycles. The molecule has 0 fully saturated rings. The number of fused-ring (bicyclic) bond motifs is 1. The fourth-order valence-electron chi connectivity index (χ4n) is 2.44. The van der Waals surface area contributed by atoms with Crippen molar-refractivity contribution < 1.29 is 4.74 Å². The average Bonchev–Trinajstić information content (AvgIpc) is 3.02. The van der Waals surface area contributed by atoms with Crippen LogP contribution in [0.5, 0.6) is 5.75 Å². The predicted molar refractivity (Wildman–Crippen MR) is 77.8 cm³/mol. The summed E-state index contributed by atoms with van der Waals surface area (Å²) in [6.45, 7) is 3.04. The molecule has 0 radical (unpaired) electrons. The number of ether oxygens (including phenoxy) is 1. The topological polar surface area (TPSA) is 34.1 Å². The van der Waals surface area contributed by atoms with E-state index in [0.717, 1.165) is 30.1 Å². The third kappa shape index (κ3) is 2.38. The Morgan fingerprint density at radius 1 is 1.42 bits per heavy atom. The van der Waals surface area contributed by atoms with Gasteiger partial charge in [0, 0.05) is 17.8 Å². The summed E-state index contributed by atoms with van der Waals surface area (Å²) in [7, 11) is 1.97. The van der Waals surface area contributed by atoms with Crippen molar-refractivity contribution in [3.63, 3.8) is 0 Å². The lowest BCUT2D eigenvalue weighted by molar-refractivity contribution is 0.238. The third-order valence-electron chi connectivity index (χ3n) is 3.39. The van der Waals surface area contributed by atoms with E-state index in [0.29, 0.717) is 0 Å². The number of nitrogens with zero attached hydrogens (tertiary/aromatic N) is 1. The molecule has 1 aromatic carbocycles. The Kier molecular flexibility index (Phi) is 3.53. The van der Waals surface area contributed by atoms with Gasteiger partial charge in [0.05, 0.1) is 5.69 Å². The van der Waals surface area contributed by atoms with E-state index >= 15 is 0 Å². The Morgan fingerprint density at radius 2 is 2.26 bits per heavy atom. The molecule has 0 amide bonds. The van der Waals surface area contributed by atoms with Crippen LogP contribution in [0.3, 0.4) is 0 Å². The van der Waals surface area contributed by atoms with Gasteiger partial charge in [-0.15, -0.1) is 11.3 Å². The fraction of sp³-hybridized carbons (Fsp3) is 0.400. The van der Waals surface area contributed by atoms with Crippen molar-refractivity contribution in [3.8, 4) is 5.75 Å². The molecule has 0 bridgehead atoms. The number of para-hydroxylation sites is 1. The number of aryl methyl sites for hydroxylation is 1. The van der Waals surface area contributed by atoms with Crippen LogP contribution in [0, 0.1) is 0 Å². The molecular formula is C15H18N2OS. The predicted octanol–water partition coefficient (Wildman–Crippen LogP) is 3.10. The number of aromatic nitrogens is 1. The number of hydrogen-bond acceptors (Lipinski definition) is 4. The Hall–Kier alpha value is -1.39. The maximum atomic E-state index is 6.01. The lowest BCUT2D eigenvalue weighted by Gasteiger charge is -2.06. The van der Waals surface area contributed by atoms with Crippen molar-refractivity contribution in [2.24, 2.45) is 0 Å². The van der Waals surface area contributed by atoms with Crippen LogP contribution >= 0.6 is 11.3 Å². The molecule has 3 nitrogen and oxygen atoms in total. The summed E-state index contributed by atoms with van der Waals surface area (Å²) in [5.74, 6) is 1.01. The number of nitrogens with one attached hydrogen (secondary N) is 1. The zero-order valence-electron chi connectivity index (χ0n) is 11.3. The number of thiazole rings is 1. The van der Waals surface area contributed by atoms with Crippen molar-refractivity contribution in [2.75, 3.05) is 7.05 Å². The van der Waals surface area contributed by atoms with Gasteiger partial charge in [-0.25, -0.2) is 4.98 Å². The van der Waals surface area contributed by atoms with E-state index in [1.165, 1.54) is 16.1 Å². The first kappa shape index (κ1) is 12.6. The van der Waals surface area contributed by atoms with Crippen molar-refractivity contribution in [2.45, 2.75) is 32.4 Å². The normalized spacial score (nSPS) is 17.3. The van der Waals surface area contributed by atoms with E-state index in [4.69, 9.17) is 9.72 Å². The fourth-order valence-corrected chi connectivity index (χ4v) is 3.63. The standard InChI is InChI=1S/C15H18N2OS/c1-3-11-14(9-16-2)19-15(17-11)13-8-10-6-4-5-7-12(10)18-13/h4-7,13,16H,3,8-9H2,1-2H3. The Morgan fingerprint density at radius 3 is 3.00 bits per heavy atom. The molecular weight excluding hydrogens is 256 g/mol. The van der Waals surface area contributed by atoms with E-state index in [1.807, 2.05) is 19.2 Å². The summed E-state index contributed by atoms with van der Waals surface area (Å²) in [6.07, 6.45) is 2.01. The number of rotatable bonds is 4. The summed E-state index contributed by atoms with van der Waals surface area (Å²) in [6, 6.07) is 8.26. The molecule has 0 saturated carbocycles. The van der Waals surface area contributed by atoms with Crippen molar-refractivity contribution in [3.05, 3.63) is 45.4 Å². The second kappa shape index (κ2) is 5.31. The van der Waals surface area contributed by atoms with E-state index < -0.39 is 0 Å². The molecule has 2 heterocycles. The zero-order chi connectivity index (χ0) is 13.2. The van der Waals surface area contributed by atoms with Crippen LogP contribution in [0.25, 0.3) is 0 Å². The second-order valence-electron chi connectivity index (χ2n) is 4.72. The van der Waals surface area contributed by atoms with Crippen molar-refractivity contribution in [1.29, 1.82) is 0 Å². The Bertz CT molecular complexity index is 554. The van der Waals surface area contributed by atoms with Crippen LogP contribution in [0.1, 0.15) is 34.2 Å². The summed E-state index contributed by atoms with van der Waals surface area (Å²) in [5.41, 5.74) is 2.49. The summed E-state index contributed by atoms with van der Waals surface area (Å²) < 4.78 is 6.01. The highest BCUT2D eigenvalue weighted by Gasteiger charge is 2.27. The van der Waals surface area contributed by atoms with Gasteiger partial charge in [0.15, 0.2) is 6.10 Å². The maximum absolute atomic E-state index is 6.01. The number of hydrogen-bond donors (Lipinski definition) is 1. The van der Waals surface area contributed by atoms with Gasteiger partial charge in [-0.1, -0.05) is 25.1 Å². The third-order valence-corrected chi connectivity index (χ3v) is 4.58. The first-order valence-electron chi connectivity index (χ1n) is 6.69. The largest absolute Gasteiger partial charge is 0.483 e. The summed E-state index contributed by atoms with van der Waals surface area (Å²) >= 11 is 1.78. The van der Waals surface area contributed by atoms with E-state index in [9.17, 15) is 0 Å². The Labute approximate surface area is 117 Å². The van der Waals surface area contributed by atoms with Gasteiger partial charge < -0.3 is 10.1 Å². The first-order valence-corrected chi connectivity index (χ1v) is 7.51. The minimum Gasteiger partial charge on any atom is -0.483 e. The van der Waals surface area contributed by atoms with Gasteiger partial charge in [-0.2, -0.15) is 0 Å². The van der Waals surface area contributed by atoms with Crippen LogP contribution in [0.15, 0.2) is 24.3 Å². The van der Waals surface area contributed by atoms with E-state index in [-0.39, 0.29) is 6.10 Å². The van der Waals surface area contributed by atoms with Crippen molar-refractivity contribution in [1.82, 2.24) is 10.3 Å². The molecule has 1 aromatic heterocycles. The molecule has 19 heavy (non-hydrogen) atoms. The van der Waals surface area contributed by atoms with Gasteiger partial charge in [0.2, 0.25) is 0 Å². The smallest absolute Gasteiger partial charge is 0.154 e. The van der Waals surface area contributed by atoms with Gasteiger partial charge >= 0.3 is 0 Å². The molecule has 1 atom stereocenters. The molecule has 0 saturated heterocycles. The van der Waals surface area contributed by atoms with Crippen LogP contribution in [-0.2, 0) is 19.4 Å². The molecule has 4 heteroatoms. The lowest BCUT2D eigenvalue weighted by Crippen LogP contribution is -2.05. The molecule has 1 N–H and O–H groups in total. The molecule has 100 valence electrons. The van der Waals surface area contributed by atoms with Gasteiger partial charge in [-0.3, -0.25) is 0 Å². The highest BCUT2D eigenvalue weighted by Crippen LogP contribution is 2.38. The highest BCUT2D eigenvalue weighted by molar-refractivity contribution is 7.11. The minimum atomic E-state index is 0.0957. The van der Waals surface area contributed by atoms with Gasteiger partial charge in [-0.05, 0) is 25.1 Å². The zero-order valence-corrected chi connectivity index (χ0v) is 12.1. The van der Waals surface area contributed by atoms with E-state index in [1.54, 1.807) is 11.3 Å². The SMILES string of the molecule is CCc1nc(C2Cc3ccccc3O2)sc1CNC. The van der Waals surface area contributed by atoms with Crippen LogP contribution in [-0.4, -0.2) is 12.0 Å². The molecule has 0 aliphatic carbocycles. The first-order chi connectivity index (χ1) is 9.31. The molecule has 0 spiro atoms. The molecule has 1 aliphatic rings. The van der Waals surface area contributed by atoms with Crippen LogP contribution in [0.2, 0.25) is 0 Å². The average molecular weight is 274 g/mol.